The molecule has 0 bridgehead atoms. The van der Waals surface area contributed by atoms with E-state index >= 15 is 0 Å². The van der Waals surface area contributed by atoms with Crippen molar-refractivity contribution in [3.8, 4) is 0 Å². The second-order valence-electron chi connectivity index (χ2n) is 4.49. The Hall–Kier alpha value is -1.42. The Morgan fingerprint density at radius 3 is 2.86 bits per heavy atom. The lowest BCUT2D eigenvalue weighted by atomic mass is 10.4. The first-order chi connectivity index (χ1) is 10.2. The molecule has 0 aliphatic rings. The van der Waals surface area contributed by atoms with E-state index in [1.165, 1.54) is 0 Å². The highest BCUT2D eigenvalue weighted by atomic mass is 127. The minimum Gasteiger partial charge on any atom is -0.383 e. The molecular weight excluding hydrogens is 397 g/mol. The van der Waals surface area contributed by atoms with Crippen LogP contribution in [0.15, 0.2) is 29.5 Å². The Bertz CT molecular complexity index is 456. The number of carbonyl (C=O) groups is 1. The van der Waals surface area contributed by atoms with Crippen LogP contribution in [0.4, 0.5) is 5.69 Å². The van der Waals surface area contributed by atoms with Crippen LogP contribution < -0.4 is 16.0 Å². The van der Waals surface area contributed by atoms with Gasteiger partial charge in [0.2, 0.25) is 5.91 Å². The van der Waals surface area contributed by atoms with E-state index < -0.39 is 0 Å². The molecule has 3 N–H and O–H groups in total. The van der Waals surface area contributed by atoms with Gasteiger partial charge in [-0.05, 0) is 26.0 Å². The molecule has 1 amide bonds. The van der Waals surface area contributed by atoms with Crippen LogP contribution in [0.25, 0.3) is 0 Å². The van der Waals surface area contributed by atoms with Crippen molar-refractivity contribution < 1.29 is 9.53 Å². The van der Waals surface area contributed by atoms with Gasteiger partial charge in [0.1, 0.15) is 6.54 Å². The number of halogens is 1. The number of aromatic nitrogens is 1. The van der Waals surface area contributed by atoms with Gasteiger partial charge in [0.25, 0.3) is 0 Å². The molecule has 7 nitrogen and oxygen atoms in total. The Morgan fingerprint density at radius 2 is 2.27 bits per heavy atom. The molecule has 1 atom stereocenters. The molecule has 0 aliphatic heterocycles. The Balaban J connectivity index is 0.00000441. The number of ether oxygens (including phenoxy) is 1. The fraction of sp³-hybridized carbons (Fsp3) is 0.500. The van der Waals surface area contributed by atoms with Crippen molar-refractivity contribution in [2.75, 3.05) is 32.1 Å². The fourth-order valence-electron chi connectivity index (χ4n) is 1.63. The van der Waals surface area contributed by atoms with Crippen LogP contribution in [-0.4, -0.2) is 49.7 Å². The van der Waals surface area contributed by atoms with Gasteiger partial charge in [-0.25, -0.2) is 4.99 Å². The number of nitrogens with one attached hydrogen (secondary N) is 3. The van der Waals surface area contributed by atoms with Gasteiger partial charge in [0.05, 0.1) is 18.5 Å². The highest BCUT2D eigenvalue weighted by Crippen LogP contribution is 2.01. The number of pyridine rings is 1. The van der Waals surface area contributed by atoms with Crippen LogP contribution in [0.5, 0.6) is 0 Å². The van der Waals surface area contributed by atoms with Crippen LogP contribution >= 0.6 is 24.0 Å². The fourth-order valence-corrected chi connectivity index (χ4v) is 1.63. The van der Waals surface area contributed by atoms with Crippen molar-refractivity contribution in [1.29, 1.82) is 0 Å². The molecule has 8 heteroatoms. The summed E-state index contributed by atoms with van der Waals surface area (Å²) in [5, 5.41) is 8.97. The van der Waals surface area contributed by atoms with E-state index in [1.54, 1.807) is 31.6 Å². The first kappa shape index (κ1) is 20.6. The second kappa shape index (κ2) is 12.2. The lowest BCUT2D eigenvalue weighted by Gasteiger charge is -2.16. The smallest absolute Gasteiger partial charge is 0.246 e. The normalized spacial score (nSPS) is 12.0. The zero-order valence-electron chi connectivity index (χ0n) is 13.1. The third-order valence-electron chi connectivity index (χ3n) is 2.47. The van der Waals surface area contributed by atoms with E-state index in [0.29, 0.717) is 18.3 Å². The van der Waals surface area contributed by atoms with Gasteiger partial charge in [0.15, 0.2) is 5.96 Å². The minimum atomic E-state index is -0.195. The summed E-state index contributed by atoms with van der Waals surface area (Å²) >= 11 is 0. The molecule has 124 valence electrons. The number of nitrogens with zero attached hydrogens (tertiary/aromatic N) is 2. The topological polar surface area (TPSA) is 87.6 Å². The molecular formula is C14H24IN5O2. The number of rotatable bonds is 7. The Kier molecular flexibility index (Phi) is 11.4. The lowest BCUT2D eigenvalue weighted by molar-refractivity contribution is -0.114. The van der Waals surface area contributed by atoms with Crippen LogP contribution in [0.2, 0.25) is 0 Å². The standard InChI is InChI=1S/C14H23N5O2.HI/c1-4-16-14(18-11(2)10-21-3)17-9-13(20)19-12-6-5-7-15-8-12;/h5-8,11H,4,9-10H2,1-3H3,(H,19,20)(H2,16,17,18);1H. The maximum Gasteiger partial charge on any atom is 0.246 e. The number of anilines is 1. The summed E-state index contributed by atoms with van der Waals surface area (Å²) < 4.78 is 5.06. The first-order valence-corrected chi connectivity index (χ1v) is 6.89. The van der Waals surface area contributed by atoms with Crippen molar-refractivity contribution in [3.05, 3.63) is 24.5 Å². The predicted octanol–water partition coefficient (Wildman–Crippen LogP) is 1.23. The molecule has 0 aliphatic carbocycles. The largest absolute Gasteiger partial charge is 0.383 e. The summed E-state index contributed by atoms with van der Waals surface area (Å²) in [6.45, 7) is 5.26. The van der Waals surface area contributed by atoms with Gasteiger partial charge in [-0.2, -0.15) is 0 Å². The molecule has 22 heavy (non-hydrogen) atoms. The maximum absolute atomic E-state index is 11.8. The number of carbonyl (C=O) groups excluding carboxylic acids is 1. The van der Waals surface area contributed by atoms with Crippen LogP contribution in [0, 0.1) is 0 Å². The Labute approximate surface area is 148 Å². The molecule has 1 aromatic heterocycles. The lowest BCUT2D eigenvalue weighted by Crippen LogP contribution is -2.44. The molecule has 1 heterocycles. The van der Waals surface area contributed by atoms with E-state index in [0.717, 1.165) is 6.54 Å². The zero-order valence-corrected chi connectivity index (χ0v) is 15.5. The molecule has 0 saturated carbocycles. The third kappa shape index (κ3) is 8.78. The van der Waals surface area contributed by atoms with Gasteiger partial charge in [-0.15, -0.1) is 24.0 Å². The molecule has 0 saturated heterocycles. The van der Waals surface area contributed by atoms with E-state index in [1.807, 2.05) is 13.8 Å². The van der Waals surface area contributed by atoms with Crippen molar-refractivity contribution in [2.24, 2.45) is 4.99 Å². The van der Waals surface area contributed by atoms with Gasteiger partial charge in [0, 0.05) is 25.9 Å². The highest BCUT2D eigenvalue weighted by Gasteiger charge is 2.06. The highest BCUT2D eigenvalue weighted by molar-refractivity contribution is 14.0. The van der Waals surface area contributed by atoms with Crippen molar-refractivity contribution in [2.45, 2.75) is 19.9 Å². The van der Waals surface area contributed by atoms with Gasteiger partial charge in [-0.1, -0.05) is 0 Å². The number of hydrogen-bond donors (Lipinski definition) is 3. The van der Waals surface area contributed by atoms with E-state index in [9.17, 15) is 4.79 Å². The number of amides is 1. The number of guanidine groups is 1. The summed E-state index contributed by atoms with van der Waals surface area (Å²) in [5.74, 6) is 0.392. The molecule has 1 aromatic rings. The van der Waals surface area contributed by atoms with Crippen LogP contribution in [0.3, 0.4) is 0 Å². The quantitative estimate of drug-likeness (QED) is 0.350. The SMILES string of the molecule is CCNC(=NCC(=O)Nc1cccnc1)NC(C)COC.I. The van der Waals surface area contributed by atoms with Gasteiger partial charge >= 0.3 is 0 Å². The molecule has 0 fully saturated rings. The summed E-state index contributed by atoms with van der Waals surface area (Å²) in [4.78, 5) is 20.0. The second-order valence-corrected chi connectivity index (χ2v) is 4.49. The maximum atomic E-state index is 11.8. The first-order valence-electron chi connectivity index (χ1n) is 6.89. The Morgan fingerprint density at radius 1 is 1.50 bits per heavy atom. The minimum absolute atomic E-state index is 0. The molecule has 0 radical (unpaired) electrons. The number of hydrogen-bond acceptors (Lipinski definition) is 4. The summed E-state index contributed by atoms with van der Waals surface area (Å²) in [6.07, 6.45) is 3.24. The van der Waals surface area contributed by atoms with Crippen LogP contribution in [-0.2, 0) is 9.53 Å². The van der Waals surface area contributed by atoms with Gasteiger partial charge in [-0.3, -0.25) is 9.78 Å². The van der Waals surface area contributed by atoms with Gasteiger partial charge < -0.3 is 20.7 Å². The third-order valence-corrected chi connectivity index (χ3v) is 2.47. The van der Waals surface area contributed by atoms with E-state index in [2.05, 4.69) is 25.9 Å². The number of methoxy groups -OCH3 is 1. The van der Waals surface area contributed by atoms with Crippen molar-refractivity contribution in [3.63, 3.8) is 0 Å². The van der Waals surface area contributed by atoms with Crippen molar-refractivity contribution >= 4 is 41.5 Å². The molecule has 0 aromatic carbocycles. The summed E-state index contributed by atoms with van der Waals surface area (Å²) in [5.41, 5.74) is 0.656. The van der Waals surface area contributed by atoms with E-state index in [-0.39, 0.29) is 42.5 Å². The van der Waals surface area contributed by atoms with E-state index in [4.69, 9.17) is 4.74 Å². The summed E-state index contributed by atoms with van der Waals surface area (Å²) in [6, 6.07) is 3.64. The van der Waals surface area contributed by atoms with Crippen LogP contribution in [0.1, 0.15) is 13.8 Å². The number of aliphatic imine (C=N–C) groups is 1. The predicted molar refractivity (Wildman–Crippen MR) is 98.7 cm³/mol. The summed E-state index contributed by atoms with van der Waals surface area (Å²) in [7, 11) is 1.64. The zero-order chi connectivity index (χ0) is 15.5. The average Bonchev–Trinajstić information content (AvgIpc) is 2.46. The monoisotopic (exact) mass is 421 g/mol. The molecule has 1 rings (SSSR count). The average molecular weight is 421 g/mol. The molecule has 1 unspecified atom stereocenters. The van der Waals surface area contributed by atoms with Crippen molar-refractivity contribution in [1.82, 2.24) is 15.6 Å². The molecule has 0 spiro atoms.